The standard InChI is InChI=1S/C9H4BrF5N2/c10-7-5(8(11)12)3-4(1-2-16)6(17-7)9(13,14)15/h3,8H,1H2. The molecule has 1 aromatic rings. The van der Waals surface area contributed by atoms with Crippen molar-refractivity contribution in [3.63, 3.8) is 0 Å². The highest BCUT2D eigenvalue weighted by Gasteiger charge is 2.36. The van der Waals surface area contributed by atoms with Crippen molar-refractivity contribution in [3.8, 4) is 6.07 Å². The molecule has 0 atom stereocenters. The number of rotatable bonds is 2. The van der Waals surface area contributed by atoms with Gasteiger partial charge < -0.3 is 0 Å². The SMILES string of the molecule is N#CCc1cc(C(F)F)c(Br)nc1C(F)(F)F. The Morgan fingerprint density at radius 2 is 2.00 bits per heavy atom. The van der Waals surface area contributed by atoms with Crippen LogP contribution in [0, 0.1) is 11.3 Å². The molecule has 0 spiro atoms. The molecule has 0 aliphatic rings. The number of hydrogen-bond acceptors (Lipinski definition) is 2. The van der Waals surface area contributed by atoms with Gasteiger partial charge in [-0.25, -0.2) is 13.8 Å². The highest BCUT2D eigenvalue weighted by molar-refractivity contribution is 9.10. The van der Waals surface area contributed by atoms with Crippen molar-refractivity contribution in [1.82, 2.24) is 4.98 Å². The van der Waals surface area contributed by atoms with Gasteiger partial charge in [0.15, 0.2) is 0 Å². The molecule has 92 valence electrons. The molecule has 0 fully saturated rings. The molecule has 0 unspecified atom stereocenters. The summed E-state index contributed by atoms with van der Waals surface area (Å²) in [6.45, 7) is 0. The molecule has 0 radical (unpaired) electrons. The number of aromatic nitrogens is 1. The molecule has 1 heterocycles. The molecule has 0 saturated heterocycles. The predicted octanol–water partition coefficient (Wildman–Crippen LogP) is 3.87. The number of halogens is 6. The van der Waals surface area contributed by atoms with E-state index in [1.807, 2.05) is 0 Å². The number of nitrogens with zero attached hydrogens (tertiary/aromatic N) is 2. The first kappa shape index (κ1) is 13.8. The summed E-state index contributed by atoms with van der Waals surface area (Å²) in [6.07, 6.45) is -8.37. The van der Waals surface area contributed by atoms with E-state index in [4.69, 9.17) is 5.26 Å². The van der Waals surface area contributed by atoms with Crippen LogP contribution >= 0.6 is 15.9 Å². The zero-order chi connectivity index (χ0) is 13.2. The van der Waals surface area contributed by atoms with Gasteiger partial charge in [-0.3, -0.25) is 0 Å². The second kappa shape index (κ2) is 4.96. The first-order chi connectivity index (χ1) is 7.77. The van der Waals surface area contributed by atoms with E-state index >= 15 is 0 Å². The van der Waals surface area contributed by atoms with Crippen LogP contribution in [0.25, 0.3) is 0 Å². The Hall–Kier alpha value is -1.23. The largest absolute Gasteiger partial charge is 0.433 e. The zero-order valence-corrected chi connectivity index (χ0v) is 9.61. The van der Waals surface area contributed by atoms with Crippen LogP contribution in [0.2, 0.25) is 0 Å². The second-order valence-corrected chi connectivity index (χ2v) is 3.76. The summed E-state index contributed by atoms with van der Waals surface area (Å²) in [5.41, 5.74) is -2.54. The maximum Gasteiger partial charge on any atom is 0.433 e. The smallest absolute Gasteiger partial charge is 0.236 e. The van der Waals surface area contributed by atoms with Gasteiger partial charge in [0.25, 0.3) is 6.43 Å². The molecule has 1 aromatic heterocycles. The summed E-state index contributed by atoms with van der Waals surface area (Å²) in [7, 11) is 0. The average Bonchev–Trinajstić information content (AvgIpc) is 2.18. The Labute approximate surface area is 101 Å². The van der Waals surface area contributed by atoms with Crippen LogP contribution < -0.4 is 0 Å². The van der Waals surface area contributed by atoms with E-state index in [2.05, 4.69) is 20.9 Å². The lowest BCUT2D eigenvalue weighted by Gasteiger charge is -2.12. The van der Waals surface area contributed by atoms with Crippen molar-refractivity contribution < 1.29 is 22.0 Å². The molecule has 17 heavy (non-hydrogen) atoms. The first-order valence-corrected chi connectivity index (χ1v) is 4.98. The molecule has 8 heteroatoms. The highest BCUT2D eigenvalue weighted by atomic mass is 79.9. The molecule has 0 aliphatic carbocycles. The third-order valence-corrected chi connectivity index (χ3v) is 2.49. The Kier molecular flexibility index (Phi) is 4.03. The van der Waals surface area contributed by atoms with Gasteiger partial charge in [-0.2, -0.15) is 18.4 Å². The molecule has 2 nitrogen and oxygen atoms in total. The van der Waals surface area contributed by atoms with Crippen molar-refractivity contribution in [2.75, 3.05) is 0 Å². The highest BCUT2D eigenvalue weighted by Crippen LogP contribution is 2.35. The van der Waals surface area contributed by atoms with Crippen LogP contribution in [-0.2, 0) is 12.6 Å². The maximum absolute atomic E-state index is 12.5. The molecule has 0 amide bonds. The van der Waals surface area contributed by atoms with E-state index in [1.54, 1.807) is 0 Å². The van der Waals surface area contributed by atoms with Crippen LogP contribution in [-0.4, -0.2) is 4.98 Å². The number of alkyl halides is 5. The topological polar surface area (TPSA) is 36.7 Å². The maximum atomic E-state index is 12.5. The van der Waals surface area contributed by atoms with Gasteiger partial charge in [-0.15, -0.1) is 0 Å². The number of pyridine rings is 1. The summed E-state index contributed by atoms with van der Waals surface area (Å²) < 4.78 is 61.8. The number of nitriles is 1. The third kappa shape index (κ3) is 3.12. The summed E-state index contributed by atoms with van der Waals surface area (Å²) in [4.78, 5) is 3.04. The average molecular weight is 315 g/mol. The summed E-state index contributed by atoms with van der Waals surface area (Å²) in [5, 5.41) is 8.36. The summed E-state index contributed by atoms with van der Waals surface area (Å²) in [6, 6.07) is 2.13. The minimum atomic E-state index is -4.78. The van der Waals surface area contributed by atoms with Crippen LogP contribution in [0.15, 0.2) is 10.7 Å². The van der Waals surface area contributed by atoms with Crippen molar-refractivity contribution in [2.45, 2.75) is 19.0 Å². The lowest BCUT2D eigenvalue weighted by Crippen LogP contribution is -2.13. The monoisotopic (exact) mass is 314 g/mol. The Morgan fingerprint density at radius 1 is 1.41 bits per heavy atom. The second-order valence-electron chi connectivity index (χ2n) is 3.01. The molecular weight excluding hydrogens is 311 g/mol. The Bertz CT molecular complexity index is 464. The Balaban J connectivity index is 3.42. The fourth-order valence-corrected chi connectivity index (χ4v) is 1.63. The lowest BCUT2D eigenvalue weighted by molar-refractivity contribution is -0.141. The van der Waals surface area contributed by atoms with E-state index in [0.717, 1.165) is 0 Å². The van der Waals surface area contributed by atoms with Crippen LogP contribution in [0.3, 0.4) is 0 Å². The molecule has 0 aromatic carbocycles. The van der Waals surface area contributed by atoms with Crippen molar-refractivity contribution in [2.24, 2.45) is 0 Å². The van der Waals surface area contributed by atoms with Crippen molar-refractivity contribution in [3.05, 3.63) is 27.5 Å². The molecule has 0 bridgehead atoms. The minimum absolute atomic E-state index is 0.557. The molecule has 0 N–H and O–H groups in total. The fraction of sp³-hybridized carbons (Fsp3) is 0.333. The van der Waals surface area contributed by atoms with Gasteiger partial charge in [-0.1, -0.05) is 0 Å². The molecule has 0 aliphatic heterocycles. The van der Waals surface area contributed by atoms with Gasteiger partial charge >= 0.3 is 6.18 Å². The number of hydrogen-bond donors (Lipinski definition) is 0. The minimum Gasteiger partial charge on any atom is -0.236 e. The molecule has 0 saturated carbocycles. The van der Waals surface area contributed by atoms with Gasteiger partial charge in [0.05, 0.1) is 18.1 Å². The van der Waals surface area contributed by atoms with E-state index in [0.29, 0.717) is 6.07 Å². The molecular formula is C9H4BrF5N2. The Morgan fingerprint density at radius 3 is 2.41 bits per heavy atom. The first-order valence-electron chi connectivity index (χ1n) is 4.19. The van der Waals surface area contributed by atoms with Gasteiger partial charge in [0.1, 0.15) is 10.3 Å². The van der Waals surface area contributed by atoms with E-state index < -0.39 is 40.4 Å². The van der Waals surface area contributed by atoms with Crippen LogP contribution in [0.1, 0.15) is 23.2 Å². The van der Waals surface area contributed by atoms with Crippen molar-refractivity contribution >= 4 is 15.9 Å². The third-order valence-electron chi connectivity index (χ3n) is 1.86. The summed E-state index contributed by atoms with van der Waals surface area (Å²) >= 11 is 2.55. The van der Waals surface area contributed by atoms with E-state index in [1.165, 1.54) is 6.07 Å². The van der Waals surface area contributed by atoms with E-state index in [9.17, 15) is 22.0 Å². The zero-order valence-electron chi connectivity index (χ0n) is 8.02. The predicted molar refractivity (Wildman–Crippen MR) is 51.2 cm³/mol. The van der Waals surface area contributed by atoms with Crippen LogP contribution in [0.5, 0.6) is 0 Å². The van der Waals surface area contributed by atoms with Crippen LogP contribution in [0.4, 0.5) is 22.0 Å². The molecule has 1 rings (SSSR count). The van der Waals surface area contributed by atoms with Crippen molar-refractivity contribution in [1.29, 1.82) is 5.26 Å². The van der Waals surface area contributed by atoms with Gasteiger partial charge in [0.2, 0.25) is 0 Å². The summed E-state index contributed by atoms with van der Waals surface area (Å²) in [5.74, 6) is 0. The fourth-order valence-electron chi connectivity index (χ4n) is 1.17. The van der Waals surface area contributed by atoms with Gasteiger partial charge in [-0.05, 0) is 27.6 Å². The van der Waals surface area contributed by atoms with E-state index in [-0.39, 0.29) is 0 Å². The normalized spacial score (nSPS) is 11.6. The lowest BCUT2D eigenvalue weighted by atomic mass is 10.1. The quantitative estimate of drug-likeness (QED) is 0.614. The van der Waals surface area contributed by atoms with Gasteiger partial charge in [0, 0.05) is 0 Å².